The summed E-state index contributed by atoms with van der Waals surface area (Å²) >= 11 is 1.50. The molecule has 2 aliphatic rings. The molecule has 4 heterocycles. The number of carbonyl (C=O) groups is 1. The van der Waals surface area contributed by atoms with Crippen molar-refractivity contribution in [1.29, 1.82) is 0 Å². The molecule has 8 nitrogen and oxygen atoms in total. The van der Waals surface area contributed by atoms with Crippen LogP contribution in [0, 0.1) is 0 Å². The molecule has 27 heavy (non-hydrogen) atoms. The lowest BCUT2D eigenvalue weighted by molar-refractivity contribution is 0.0266. The number of ketones is 1. The standard InChI is InChI=1S/C18H23N5O3S/c24-17(16-10-21-5-7-25-16)15-12-27-18(22-15)23-6-4-20-8-13(23)11-26-14-2-1-3-19-9-14/h1-3,9,12-13,16,20-21H,4-8,10-11H2. The van der Waals surface area contributed by atoms with E-state index in [-0.39, 0.29) is 11.8 Å². The van der Waals surface area contributed by atoms with Crippen molar-refractivity contribution in [2.24, 2.45) is 0 Å². The second-order valence-corrected chi connectivity index (χ2v) is 7.33. The normalized spacial score (nSPS) is 23.2. The van der Waals surface area contributed by atoms with Crippen LogP contribution in [0.15, 0.2) is 29.9 Å². The van der Waals surface area contributed by atoms with E-state index in [9.17, 15) is 4.79 Å². The number of piperazine rings is 1. The number of anilines is 1. The molecular weight excluding hydrogens is 366 g/mol. The van der Waals surface area contributed by atoms with Crippen LogP contribution in [0.25, 0.3) is 0 Å². The Hall–Kier alpha value is -2.07. The van der Waals surface area contributed by atoms with Crippen LogP contribution < -0.4 is 20.3 Å². The van der Waals surface area contributed by atoms with Crippen molar-refractivity contribution in [2.45, 2.75) is 12.1 Å². The SMILES string of the molecule is O=C(c1csc(N2CCNCC2COc2cccnc2)n1)C1CNCCO1. The molecule has 2 atom stereocenters. The van der Waals surface area contributed by atoms with E-state index in [1.807, 2.05) is 17.5 Å². The Bertz CT molecular complexity index is 750. The van der Waals surface area contributed by atoms with E-state index >= 15 is 0 Å². The molecule has 0 bridgehead atoms. The van der Waals surface area contributed by atoms with Gasteiger partial charge in [0.05, 0.1) is 18.8 Å². The highest BCUT2D eigenvalue weighted by Crippen LogP contribution is 2.25. The highest BCUT2D eigenvalue weighted by atomic mass is 32.1. The number of hydrogen-bond acceptors (Lipinski definition) is 9. The number of thiazole rings is 1. The van der Waals surface area contributed by atoms with Crippen molar-refractivity contribution < 1.29 is 14.3 Å². The van der Waals surface area contributed by atoms with Crippen LogP contribution >= 0.6 is 11.3 Å². The minimum Gasteiger partial charge on any atom is -0.490 e. The lowest BCUT2D eigenvalue weighted by Gasteiger charge is -2.35. The molecule has 0 radical (unpaired) electrons. The van der Waals surface area contributed by atoms with Gasteiger partial charge in [-0.25, -0.2) is 4.98 Å². The predicted molar refractivity (Wildman–Crippen MR) is 103 cm³/mol. The third-order valence-electron chi connectivity index (χ3n) is 4.64. The molecule has 2 unspecified atom stereocenters. The largest absolute Gasteiger partial charge is 0.490 e. The molecule has 144 valence electrons. The average molecular weight is 389 g/mol. The van der Waals surface area contributed by atoms with Gasteiger partial charge in [0.15, 0.2) is 5.13 Å². The Balaban J connectivity index is 1.42. The maximum absolute atomic E-state index is 12.6. The first-order valence-corrected chi connectivity index (χ1v) is 10.0. The minimum atomic E-state index is -0.443. The number of nitrogens with one attached hydrogen (secondary N) is 2. The Morgan fingerprint density at radius 2 is 2.30 bits per heavy atom. The van der Waals surface area contributed by atoms with Crippen molar-refractivity contribution in [2.75, 3.05) is 50.8 Å². The van der Waals surface area contributed by atoms with Crippen LogP contribution in [0.3, 0.4) is 0 Å². The Labute approximate surface area is 161 Å². The van der Waals surface area contributed by atoms with Gasteiger partial charge >= 0.3 is 0 Å². The molecule has 0 amide bonds. The molecule has 2 fully saturated rings. The number of rotatable bonds is 6. The van der Waals surface area contributed by atoms with Gasteiger partial charge in [-0.1, -0.05) is 0 Å². The molecule has 2 N–H and O–H groups in total. The molecule has 9 heteroatoms. The van der Waals surface area contributed by atoms with Crippen LogP contribution in [0.4, 0.5) is 5.13 Å². The van der Waals surface area contributed by atoms with Gasteiger partial charge in [-0.3, -0.25) is 9.78 Å². The highest BCUT2D eigenvalue weighted by Gasteiger charge is 2.29. The van der Waals surface area contributed by atoms with Crippen LogP contribution in [0.2, 0.25) is 0 Å². The van der Waals surface area contributed by atoms with Gasteiger partial charge in [0.2, 0.25) is 5.78 Å². The number of nitrogens with zero attached hydrogens (tertiary/aromatic N) is 3. The van der Waals surface area contributed by atoms with E-state index in [2.05, 4.69) is 25.5 Å². The van der Waals surface area contributed by atoms with Crippen molar-refractivity contribution in [3.63, 3.8) is 0 Å². The molecule has 0 aliphatic carbocycles. The molecule has 4 rings (SSSR count). The van der Waals surface area contributed by atoms with Crippen LogP contribution in [-0.2, 0) is 4.74 Å². The maximum atomic E-state index is 12.6. The van der Waals surface area contributed by atoms with E-state index in [1.165, 1.54) is 11.3 Å². The van der Waals surface area contributed by atoms with E-state index in [0.717, 1.165) is 37.1 Å². The fraction of sp³-hybridized carbons (Fsp3) is 0.500. The van der Waals surface area contributed by atoms with Crippen LogP contribution in [0.1, 0.15) is 10.5 Å². The van der Waals surface area contributed by atoms with Gasteiger partial charge in [0.25, 0.3) is 0 Å². The highest BCUT2D eigenvalue weighted by molar-refractivity contribution is 7.14. The zero-order chi connectivity index (χ0) is 18.5. The molecule has 2 aliphatic heterocycles. The maximum Gasteiger partial charge on any atom is 0.212 e. The van der Waals surface area contributed by atoms with Crippen molar-refractivity contribution in [1.82, 2.24) is 20.6 Å². The predicted octanol–water partition coefficient (Wildman–Crippen LogP) is 0.566. The first-order valence-electron chi connectivity index (χ1n) is 9.13. The third-order valence-corrected chi connectivity index (χ3v) is 5.51. The molecule has 2 aromatic heterocycles. The first kappa shape index (κ1) is 18.3. The summed E-state index contributed by atoms with van der Waals surface area (Å²) in [4.78, 5) is 23.5. The topological polar surface area (TPSA) is 88.6 Å². The van der Waals surface area contributed by atoms with E-state index < -0.39 is 6.10 Å². The van der Waals surface area contributed by atoms with Gasteiger partial charge < -0.3 is 25.0 Å². The molecule has 2 saturated heterocycles. The number of carbonyl (C=O) groups excluding carboxylic acids is 1. The monoisotopic (exact) mass is 389 g/mol. The smallest absolute Gasteiger partial charge is 0.212 e. The van der Waals surface area contributed by atoms with Gasteiger partial charge in [0, 0.05) is 44.3 Å². The zero-order valence-corrected chi connectivity index (χ0v) is 15.8. The summed E-state index contributed by atoms with van der Waals surface area (Å²) in [6.07, 6.45) is 2.99. The fourth-order valence-corrected chi connectivity index (χ4v) is 4.11. The molecule has 2 aromatic rings. The van der Waals surface area contributed by atoms with E-state index in [0.29, 0.717) is 25.5 Å². The van der Waals surface area contributed by atoms with E-state index in [1.54, 1.807) is 12.4 Å². The van der Waals surface area contributed by atoms with Gasteiger partial charge in [0.1, 0.15) is 24.2 Å². The number of ether oxygens (including phenoxy) is 2. The van der Waals surface area contributed by atoms with Gasteiger partial charge in [-0.15, -0.1) is 11.3 Å². The first-order chi connectivity index (χ1) is 13.3. The summed E-state index contributed by atoms with van der Waals surface area (Å²) in [5.74, 6) is 0.697. The Morgan fingerprint density at radius 3 is 3.11 bits per heavy atom. The fourth-order valence-electron chi connectivity index (χ4n) is 3.19. The quantitative estimate of drug-likeness (QED) is 0.693. The number of aromatic nitrogens is 2. The summed E-state index contributed by atoms with van der Waals surface area (Å²) in [7, 11) is 0. The number of Topliss-reactive ketones (excluding diaryl/α,β-unsaturated/α-hetero) is 1. The molecular formula is C18H23N5O3S. The third kappa shape index (κ3) is 4.44. The lowest BCUT2D eigenvalue weighted by atomic mass is 10.1. The Kier molecular flexibility index (Phi) is 5.93. The summed E-state index contributed by atoms with van der Waals surface area (Å²) in [6, 6.07) is 3.89. The summed E-state index contributed by atoms with van der Waals surface area (Å²) < 4.78 is 11.4. The second-order valence-electron chi connectivity index (χ2n) is 6.49. The van der Waals surface area contributed by atoms with Gasteiger partial charge in [-0.05, 0) is 12.1 Å². The second kappa shape index (κ2) is 8.75. The molecule has 0 saturated carbocycles. The molecule has 0 aromatic carbocycles. The van der Waals surface area contributed by atoms with Crippen molar-refractivity contribution in [3.8, 4) is 5.75 Å². The van der Waals surface area contributed by atoms with Crippen LogP contribution in [0.5, 0.6) is 5.75 Å². The summed E-state index contributed by atoms with van der Waals surface area (Å²) in [6.45, 7) is 4.91. The zero-order valence-electron chi connectivity index (χ0n) is 15.0. The lowest BCUT2D eigenvalue weighted by Crippen LogP contribution is -2.54. The molecule has 0 spiro atoms. The minimum absolute atomic E-state index is 0.0528. The van der Waals surface area contributed by atoms with Gasteiger partial charge in [-0.2, -0.15) is 0 Å². The average Bonchev–Trinajstić information content (AvgIpc) is 3.23. The van der Waals surface area contributed by atoms with Crippen molar-refractivity contribution in [3.05, 3.63) is 35.6 Å². The number of morpholine rings is 1. The van der Waals surface area contributed by atoms with E-state index in [4.69, 9.17) is 9.47 Å². The summed E-state index contributed by atoms with van der Waals surface area (Å²) in [5.41, 5.74) is 0.481. The summed E-state index contributed by atoms with van der Waals surface area (Å²) in [5, 5.41) is 9.26. The number of hydrogen-bond donors (Lipinski definition) is 2. The Morgan fingerprint density at radius 1 is 1.37 bits per heavy atom. The van der Waals surface area contributed by atoms with Crippen molar-refractivity contribution >= 4 is 22.3 Å². The number of pyridine rings is 1. The van der Waals surface area contributed by atoms with Crippen LogP contribution in [-0.4, -0.2) is 73.8 Å².